The Balaban J connectivity index is 3.99. The average molecular weight is 275 g/mol. The van der Waals surface area contributed by atoms with Gasteiger partial charge in [0, 0.05) is 26.4 Å². The highest BCUT2D eigenvalue weighted by Gasteiger charge is 2.20. The number of nitrogens with one attached hydrogen (secondary N) is 3. The summed E-state index contributed by atoms with van der Waals surface area (Å²) >= 11 is 0. The molecule has 0 aliphatic heterocycles. The topological polar surface area (TPSA) is 145 Å². The zero-order valence-electron chi connectivity index (χ0n) is 10.4. The van der Waals surface area contributed by atoms with E-state index in [0.29, 0.717) is 0 Å². The van der Waals surface area contributed by atoms with Crippen LogP contribution in [0.1, 0.15) is 19.8 Å². The number of carboxylic acids is 2. The summed E-state index contributed by atoms with van der Waals surface area (Å²) in [6.45, 7) is 1.68. The normalized spacial score (nSPS) is 11.2. The van der Waals surface area contributed by atoms with Crippen molar-refractivity contribution in [2.75, 3.05) is 13.1 Å². The van der Waals surface area contributed by atoms with Crippen molar-refractivity contribution < 1.29 is 29.4 Å². The van der Waals surface area contributed by atoms with Gasteiger partial charge in [0.05, 0.1) is 0 Å². The van der Waals surface area contributed by atoms with Gasteiger partial charge in [0.25, 0.3) is 0 Å². The van der Waals surface area contributed by atoms with Crippen molar-refractivity contribution in [1.29, 1.82) is 0 Å². The van der Waals surface area contributed by atoms with E-state index in [0.717, 1.165) is 0 Å². The van der Waals surface area contributed by atoms with Crippen LogP contribution in [0.3, 0.4) is 0 Å². The minimum Gasteiger partial charge on any atom is -0.481 e. The number of carboxylic acid groups (broad SMARTS) is 2. The van der Waals surface area contributed by atoms with Gasteiger partial charge in [0.1, 0.15) is 6.04 Å². The number of carbonyl (C=O) groups excluding carboxylic acids is 2. The number of urea groups is 1. The summed E-state index contributed by atoms with van der Waals surface area (Å²) in [5, 5.41) is 24.1. The lowest BCUT2D eigenvalue weighted by atomic mass is 10.1. The molecule has 0 radical (unpaired) electrons. The molecule has 1 atom stereocenters. The summed E-state index contributed by atoms with van der Waals surface area (Å²) in [5.41, 5.74) is 0. The third-order valence-corrected chi connectivity index (χ3v) is 2.03. The van der Waals surface area contributed by atoms with Crippen molar-refractivity contribution in [3.05, 3.63) is 0 Å². The fourth-order valence-electron chi connectivity index (χ4n) is 1.15. The van der Waals surface area contributed by atoms with Crippen LogP contribution in [0, 0.1) is 0 Å². The highest BCUT2D eigenvalue weighted by Crippen LogP contribution is 1.97. The quantitative estimate of drug-likeness (QED) is 0.350. The van der Waals surface area contributed by atoms with Crippen molar-refractivity contribution in [1.82, 2.24) is 16.0 Å². The van der Waals surface area contributed by atoms with Crippen LogP contribution in [-0.2, 0) is 14.4 Å². The first-order chi connectivity index (χ1) is 8.82. The first-order valence-electron chi connectivity index (χ1n) is 5.56. The molecular formula is C10H17N3O6. The average Bonchev–Trinajstić information content (AvgIpc) is 2.29. The number of rotatable bonds is 8. The molecule has 0 aromatic rings. The number of hydrogen-bond acceptors (Lipinski definition) is 4. The second-order valence-corrected chi connectivity index (χ2v) is 3.71. The maximum Gasteiger partial charge on any atom is 0.326 e. The molecular weight excluding hydrogens is 258 g/mol. The second kappa shape index (κ2) is 8.72. The van der Waals surface area contributed by atoms with Crippen LogP contribution in [0.15, 0.2) is 0 Å². The summed E-state index contributed by atoms with van der Waals surface area (Å²) in [4.78, 5) is 42.9. The molecule has 19 heavy (non-hydrogen) atoms. The Labute approximate surface area is 109 Å². The van der Waals surface area contributed by atoms with E-state index in [2.05, 4.69) is 16.0 Å². The van der Waals surface area contributed by atoms with Crippen LogP contribution in [-0.4, -0.2) is 53.2 Å². The molecule has 0 aliphatic rings. The molecule has 0 spiro atoms. The molecule has 0 rings (SSSR count). The van der Waals surface area contributed by atoms with Crippen molar-refractivity contribution in [2.45, 2.75) is 25.8 Å². The molecule has 0 saturated heterocycles. The van der Waals surface area contributed by atoms with Crippen molar-refractivity contribution in [3.8, 4) is 0 Å². The zero-order valence-corrected chi connectivity index (χ0v) is 10.4. The molecule has 108 valence electrons. The molecule has 9 nitrogen and oxygen atoms in total. The number of carbonyl (C=O) groups is 4. The van der Waals surface area contributed by atoms with Crippen LogP contribution in [0.4, 0.5) is 4.79 Å². The zero-order chi connectivity index (χ0) is 14.8. The van der Waals surface area contributed by atoms with Gasteiger partial charge in [0.2, 0.25) is 5.91 Å². The Bertz CT molecular complexity index is 357. The predicted molar refractivity (Wildman–Crippen MR) is 63.5 cm³/mol. The Morgan fingerprint density at radius 2 is 1.63 bits per heavy atom. The Morgan fingerprint density at radius 1 is 1.05 bits per heavy atom. The Hall–Kier alpha value is -2.32. The van der Waals surface area contributed by atoms with Gasteiger partial charge in [-0.25, -0.2) is 9.59 Å². The Morgan fingerprint density at radius 3 is 2.11 bits per heavy atom. The van der Waals surface area contributed by atoms with Gasteiger partial charge in [-0.15, -0.1) is 0 Å². The second-order valence-electron chi connectivity index (χ2n) is 3.71. The molecule has 0 saturated carbocycles. The maximum atomic E-state index is 11.3. The van der Waals surface area contributed by atoms with Crippen molar-refractivity contribution >= 4 is 23.9 Å². The molecule has 0 aromatic heterocycles. The van der Waals surface area contributed by atoms with Gasteiger partial charge in [-0.3, -0.25) is 9.59 Å². The summed E-state index contributed by atoms with van der Waals surface area (Å²) < 4.78 is 0. The van der Waals surface area contributed by atoms with E-state index < -0.39 is 24.0 Å². The van der Waals surface area contributed by atoms with E-state index in [1.807, 2.05) is 0 Å². The first kappa shape index (κ1) is 16.7. The Kier molecular flexibility index (Phi) is 7.66. The fraction of sp³-hybridized carbons (Fsp3) is 0.600. The lowest BCUT2D eigenvalue weighted by Gasteiger charge is -2.14. The van der Waals surface area contributed by atoms with Crippen LogP contribution in [0.25, 0.3) is 0 Å². The largest absolute Gasteiger partial charge is 0.481 e. The summed E-state index contributed by atoms with van der Waals surface area (Å²) in [5.74, 6) is -2.69. The molecule has 0 aromatic carbocycles. The van der Waals surface area contributed by atoms with Crippen molar-refractivity contribution in [3.63, 3.8) is 0 Å². The first-order valence-corrected chi connectivity index (χ1v) is 5.56. The van der Waals surface area contributed by atoms with E-state index >= 15 is 0 Å². The van der Waals surface area contributed by atoms with Crippen LogP contribution in [0.2, 0.25) is 0 Å². The molecule has 0 fully saturated rings. The minimum absolute atomic E-state index is 0.136. The summed E-state index contributed by atoms with van der Waals surface area (Å²) in [7, 11) is 0. The maximum absolute atomic E-state index is 11.3. The molecule has 0 heterocycles. The van der Waals surface area contributed by atoms with E-state index in [1.54, 1.807) is 0 Å². The number of aliphatic carboxylic acids is 2. The smallest absolute Gasteiger partial charge is 0.326 e. The minimum atomic E-state index is -1.31. The van der Waals surface area contributed by atoms with Crippen molar-refractivity contribution in [2.24, 2.45) is 0 Å². The summed E-state index contributed by atoms with van der Waals surface area (Å²) in [6, 6.07) is -2.00. The van der Waals surface area contributed by atoms with Gasteiger partial charge >= 0.3 is 18.0 Å². The molecule has 0 bridgehead atoms. The molecule has 0 unspecified atom stereocenters. The molecule has 0 aliphatic carbocycles. The lowest BCUT2D eigenvalue weighted by molar-refractivity contribution is -0.140. The fourth-order valence-corrected chi connectivity index (χ4v) is 1.15. The van der Waals surface area contributed by atoms with Gasteiger partial charge in [-0.05, 0) is 6.42 Å². The van der Waals surface area contributed by atoms with Crippen LogP contribution >= 0.6 is 0 Å². The third kappa shape index (κ3) is 9.39. The van der Waals surface area contributed by atoms with E-state index in [1.165, 1.54) is 6.92 Å². The highest BCUT2D eigenvalue weighted by molar-refractivity contribution is 5.83. The molecule has 5 N–H and O–H groups in total. The highest BCUT2D eigenvalue weighted by atomic mass is 16.4. The predicted octanol–water partition coefficient (Wildman–Crippen LogP) is -1.26. The number of hydrogen-bond donors (Lipinski definition) is 5. The molecule has 9 heteroatoms. The van der Waals surface area contributed by atoms with Crippen LogP contribution in [0.5, 0.6) is 0 Å². The molecule has 3 amide bonds. The van der Waals surface area contributed by atoms with E-state index in [-0.39, 0.29) is 31.8 Å². The summed E-state index contributed by atoms with van der Waals surface area (Å²) in [6.07, 6.45) is -0.563. The SMILES string of the molecule is CC(=O)NCCNC(=O)N[C@@H](CCC(=O)O)C(=O)O. The standard InChI is InChI=1S/C10H17N3O6/c1-6(14)11-4-5-12-10(19)13-7(9(17)18)2-3-8(15)16/h7H,2-5H2,1H3,(H,11,14)(H,15,16)(H,17,18)(H2,12,13,19)/t7-/m0/s1. The number of amides is 3. The van der Waals surface area contributed by atoms with E-state index in [4.69, 9.17) is 10.2 Å². The monoisotopic (exact) mass is 275 g/mol. The van der Waals surface area contributed by atoms with Gasteiger partial charge in [-0.2, -0.15) is 0 Å². The van der Waals surface area contributed by atoms with E-state index in [9.17, 15) is 19.2 Å². The lowest BCUT2D eigenvalue weighted by Crippen LogP contribution is -2.47. The van der Waals surface area contributed by atoms with Gasteiger partial charge in [0.15, 0.2) is 0 Å². The van der Waals surface area contributed by atoms with Gasteiger partial charge in [-0.1, -0.05) is 0 Å². The third-order valence-electron chi connectivity index (χ3n) is 2.03. The van der Waals surface area contributed by atoms with Crippen LogP contribution < -0.4 is 16.0 Å². The van der Waals surface area contributed by atoms with Gasteiger partial charge < -0.3 is 26.2 Å².